The molecule has 0 bridgehead atoms. The molecule has 0 spiro atoms. The first-order chi connectivity index (χ1) is 12.9. The molecule has 27 heavy (non-hydrogen) atoms. The van der Waals surface area contributed by atoms with Gasteiger partial charge >= 0.3 is 0 Å². The summed E-state index contributed by atoms with van der Waals surface area (Å²) in [6, 6.07) is 12.6. The van der Waals surface area contributed by atoms with Gasteiger partial charge in [-0.2, -0.15) is 0 Å². The van der Waals surface area contributed by atoms with Crippen molar-refractivity contribution in [3.63, 3.8) is 0 Å². The molecule has 144 valence electrons. The summed E-state index contributed by atoms with van der Waals surface area (Å²) in [5, 5.41) is 2.08. The first-order valence-corrected chi connectivity index (χ1v) is 10.5. The number of rotatable bonds is 5. The monoisotopic (exact) mass is 384 g/mol. The fraction of sp³-hybridized carbons (Fsp3) is 0.455. The Labute approximate surface area is 165 Å². The van der Waals surface area contributed by atoms with Crippen molar-refractivity contribution in [2.24, 2.45) is 5.41 Å². The topological polar surface area (TPSA) is 40.6 Å². The number of likely N-dealkylation sites (tertiary alicyclic amines) is 1. The summed E-state index contributed by atoms with van der Waals surface area (Å²) < 4.78 is 0. The first-order valence-electron chi connectivity index (χ1n) is 9.57. The van der Waals surface area contributed by atoms with Gasteiger partial charge in [0.05, 0.1) is 5.41 Å². The van der Waals surface area contributed by atoms with E-state index in [0.29, 0.717) is 19.4 Å². The molecule has 5 heteroatoms. The third-order valence-electron chi connectivity index (χ3n) is 5.37. The number of amides is 2. The highest BCUT2D eigenvalue weighted by Gasteiger charge is 2.44. The smallest absolute Gasteiger partial charge is 0.230 e. The van der Waals surface area contributed by atoms with Crippen LogP contribution >= 0.6 is 11.3 Å². The summed E-state index contributed by atoms with van der Waals surface area (Å²) in [4.78, 5) is 30.3. The highest BCUT2D eigenvalue weighted by atomic mass is 32.1. The number of piperidine rings is 1. The third kappa shape index (κ3) is 4.24. The predicted molar refractivity (Wildman–Crippen MR) is 111 cm³/mol. The van der Waals surface area contributed by atoms with Crippen LogP contribution in [0.25, 0.3) is 10.4 Å². The molecule has 2 amide bonds. The number of carbonyl (C=O) groups is 2. The van der Waals surface area contributed by atoms with Crippen LogP contribution in [0.15, 0.2) is 41.8 Å². The molecular weight excluding hydrogens is 356 g/mol. The van der Waals surface area contributed by atoms with Crippen molar-refractivity contribution in [1.82, 2.24) is 9.80 Å². The van der Waals surface area contributed by atoms with Crippen molar-refractivity contribution in [1.29, 1.82) is 0 Å². The van der Waals surface area contributed by atoms with Crippen LogP contribution in [0, 0.1) is 5.41 Å². The van der Waals surface area contributed by atoms with E-state index in [0.717, 1.165) is 24.9 Å². The van der Waals surface area contributed by atoms with Crippen molar-refractivity contribution in [3.8, 4) is 10.4 Å². The summed E-state index contributed by atoms with van der Waals surface area (Å²) in [5.74, 6) is 0.260. The summed E-state index contributed by atoms with van der Waals surface area (Å²) in [5.41, 5.74) is 1.80. The van der Waals surface area contributed by atoms with Gasteiger partial charge in [0.25, 0.3) is 0 Å². The third-order valence-corrected chi connectivity index (χ3v) is 6.29. The molecule has 0 N–H and O–H groups in total. The van der Waals surface area contributed by atoms with Gasteiger partial charge in [-0.25, -0.2) is 0 Å². The Balaban J connectivity index is 1.92. The molecule has 1 aliphatic rings. The van der Waals surface area contributed by atoms with Gasteiger partial charge in [-0.15, -0.1) is 11.3 Å². The first kappa shape index (κ1) is 19.6. The lowest BCUT2D eigenvalue weighted by molar-refractivity contribution is -0.147. The normalized spacial score (nSPS) is 19.7. The Morgan fingerprint density at radius 3 is 2.70 bits per heavy atom. The van der Waals surface area contributed by atoms with Crippen molar-refractivity contribution < 1.29 is 9.59 Å². The molecule has 4 nitrogen and oxygen atoms in total. The maximum atomic E-state index is 13.2. The Bertz CT molecular complexity index is 800. The van der Waals surface area contributed by atoms with E-state index in [-0.39, 0.29) is 11.8 Å². The van der Waals surface area contributed by atoms with Gasteiger partial charge in [0.1, 0.15) is 0 Å². The minimum Gasteiger partial charge on any atom is -0.348 e. The standard InChI is InChI=1S/C22H28N2O2S/c1-4-20(25)24-12-7-11-22(16-24,21(26)23(2)3)15-17-8-5-9-18(14-17)19-10-6-13-27-19/h5-6,8-10,13-14H,4,7,11-12,15-16H2,1-3H3/t22-/m1/s1. The Hall–Kier alpha value is -2.14. The van der Waals surface area contributed by atoms with E-state index in [4.69, 9.17) is 0 Å². The second-order valence-corrected chi connectivity index (χ2v) is 8.55. The van der Waals surface area contributed by atoms with Crippen molar-refractivity contribution >= 4 is 23.2 Å². The molecule has 1 fully saturated rings. The highest BCUT2D eigenvalue weighted by Crippen LogP contribution is 2.37. The van der Waals surface area contributed by atoms with E-state index < -0.39 is 5.41 Å². The molecule has 1 aromatic carbocycles. The maximum Gasteiger partial charge on any atom is 0.230 e. The lowest BCUT2D eigenvalue weighted by Gasteiger charge is -2.43. The van der Waals surface area contributed by atoms with E-state index in [1.165, 1.54) is 10.4 Å². The number of hydrogen-bond donors (Lipinski definition) is 0. The van der Waals surface area contributed by atoms with Crippen molar-refractivity contribution in [2.45, 2.75) is 32.6 Å². The molecular formula is C22H28N2O2S. The van der Waals surface area contributed by atoms with Crippen LogP contribution in [0.5, 0.6) is 0 Å². The van der Waals surface area contributed by atoms with Crippen molar-refractivity contribution in [3.05, 3.63) is 47.3 Å². The average Bonchev–Trinajstić information content (AvgIpc) is 3.22. The Morgan fingerprint density at radius 2 is 2.04 bits per heavy atom. The van der Waals surface area contributed by atoms with Gasteiger partial charge in [-0.1, -0.05) is 37.3 Å². The molecule has 0 aliphatic carbocycles. The van der Waals surface area contributed by atoms with Gasteiger partial charge in [0.15, 0.2) is 0 Å². The van der Waals surface area contributed by atoms with E-state index in [1.807, 2.05) is 25.9 Å². The number of thiophene rings is 1. The molecule has 0 saturated carbocycles. The second kappa shape index (κ2) is 8.26. The summed E-state index contributed by atoms with van der Waals surface area (Å²) >= 11 is 1.72. The molecule has 3 rings (SSSR count). The fourth-order valence-electron chi connectivity index (χ4n) is 4.11. The zero-order chi connectivity index (χ0) is 19.4. The molecule has 0 unspecified atom stereocenters. The zero-order valence-corrected chi connectivity index (χ0v) is 17.2. The van der Waals surface area contributed by atoms with Crippen LogP contribution in [0.4, 0.5) is 0 Å². The van der Waals surface area contributed by atoms with E-state index in [1.54, 1.807) is 16.2 Å². The number of carbonyl (C=O) groups excluding carboxylic acids is 2. The van der Waals surface area contributed by atoms with Gasteiger partial charge < -0.3 is 9.80 Å². The van der Waals surface area contributed by atoms with E-state index >= 15 is 0 Å². The highest BCUT2D eigenvalue weighted by molar-refractivity contribution is 7.13. The van der Waals surface area contributed by atoms with Crippen LogP contribution in [-0.4, -0.2) is 48.8 Å². The summed E-state index contributed by atoms with van der Waals surface area (Å²) in [6.07, 6.45) is 2.84. The molecule has 1 atom stereocenters. The number of hydrogen-bond acceptors (Lipinski definition) is 3. The van der Waals surface area contributed by atoms with Gasteiger partial charge in [-0.3, -0.25) is 9.59 Å². The van der Waals surface area contributed by atoms with Crippen LogP contribution in [0.1, 0.15) is 31.7 Å². The minimum absolute atomic E-state index is 0.123. The summed E-state index contributed by atoms with van der Waals surface area (Å²) in [6.45, 7) is 3.15. The lowest BCUT2D eigenvalue weighted by Crippen LogP contribution is -2.54. The van der Waals surface area contributed by atoms with Gasteiger partial charge in [0.2, 0.25) is 11.8 Å². The van der Waals surface area contributed by atoms with Gasteiger partial charge in [-0.05, 0) is 41.8 Å². The van der Waals surface area contributed by atoms with Crippen LogP contribution in [-0.2, 0) is 16.0 Å². The van der Waals surface area contributed by atoms with Crippen LogP contribution < -0.4 is 0 Å². The quantitative estimate of drug-likeness (QED) is 0.780. The van der Waals surface area contributed by atoms with Gasteiger partial charge in [0, 0.05) is 38.5 Å². The average molecular weight is 385 g/mol. The Morgan fingerprint density at radius 1 is 1.22 bits per heavy atom. The summed E-state index contributed by atoms with van der Waals surface area (Å²) in [7, 11) is 3.62. The number of nitrogens with zero attached hydrogens (tertiary/aromatic N) is 2. The number of benzene rings is 1. The van der Waals surface area contributed by atoms with E-state index in [9.17, 15) is 9.59 Å². The van der Waals surface area contributed by atoms with Crippen LogP contribution in [0.2, 0.25) is 0 Å². The second-order valence-electron chi connectivity index (χ2n) is 7.61. The SMILES string of the molecule is CCC(=O)N1CCC[C@](Cc2cccc(-c3cccs3)c2)(C(=O)N(C)C)C1. The Kier molecular flexibility index (Phi) is 6.00. The molecule has 1 aromatic heterocycles. The molecule has 0 radical (unpaired) electrons. The minimum atomic E-state index is -0.541. The molecule has 2 heterocycles. The van der Waals surface area contributed by atoms with E-state index in [2.05, 4.69) is 41.8 Å². The molecule has 1 saturated heterocycles. The van der Waals surface area contributed by atoms with Crippen molar-refractivity contribution in [2.75, 3.05) is 27.2 Å². The molecule has 2 aromatic rings. The largest absolute Gasteiger partial charge is 0.348 e. The fourth-order valence-corrected chi connectivity index (χ4v) is 4.83. The van der Waals surface area contributed by atoms with Crippen LogP contribution in [0.3, 0.4) is 0 Å². The predicted octanol–water partition coefficient (Wildman–Crippen LogP) is 4.06. The zero-order valence-electron chi connectivity index (χ0n) is 16.4. The maximum absolute atomic E-state index is 13.2. The lowest BCUT2D eigenvalue weighted by atomic mass is 9.73. The molecule has 1 aliphatic heterocycles.